The third-order valence-corrected chi connectivity index (χ3v) is 4.04. The second-order valence-electron chi connectivity index (χ2n) is 3.80. The van der Waals surface area contributed by atoms with Gasteiger partial charge in [0.2, 0.25) is 0 Å². The van der Waals surface area contributed by atoms with E-state index in [4.69, 9.17) is 0 Å². The van der Waals surface area contributed by atoms with Gasteiger partial charge in [0, 0.05) is 27.6 Å². The first-order valence-corrected chi connectivity index (χ1v) is 7.62. The van der Waals surface area contributed by atoms with Crippen LogP contribution in [0.1, 0.15) is 23.5 Å². The van der Waals surface area contributed by atoms with Crippen LogP contribution in [-0.2, 0) is 6.42 Å². The van der Waals surface area contributed by atoms with Crippen molar-refractivity contribution < 1.29 is 0 Å². The molecule has 4 heteroatoms. The largest absolute Gasteiger partial charge is 0.310 e. The molecule has 0 amide bonds. The Hall–Kier alpha value is -0.460. The topological polar surface area (TPSA) is 24.9 Å². The fraction of sp³-hybridized carbons (Fsp3) is 0.308. The average Bonchev–Trinajstić information content (AvgIpc) is 2.81. The molecule has 0 saturated carbocycles. The molecule has 1 aromatic carbocycles. The molecule has 1 atom stereocenters. The number of nitrogens with zero attached hydrogens (tertiary/aromatic N) is 1. The van der Waals surface area contributed by atoms with Crippen molar-refractivity contribution in [2.24, 2.45) is 0 Å². The van der Waals surface area contributed by atoms with E-state index in [0.717, 1.165) is 13.0 Å². The standard InChI is InChI=1S/C13H15IN2S/c1-2-15-12(9-13-16-6-7-17-13)10-4-3-5-11(14)8-10/h3-8,12,15H,2,9H2,1H3. The number of halogens is 1. The Morgan fingerprint density at radius 3 is 3.00 bits per heavy atom. The summed E-state index contributed by atoms with van der Waals surface area (Å²) < 4.78 is 1.28. The van der Waals surface area contributed by atoms with E-state index >= 15 is 0 Å². The van der Waals surface area contributed by atoms with Crippen molar-refractivity contribution in [3.63, 3.8) is 0 Å². The molecule has 0 aliphatic heterocycles. The van der Waals surface area contributed by atoms with Crippen LogP contribution in [0.5, 0.6) is 0 Å². The summed E-state index contributed by atoms with van der Waals surface area (Å²) in [4.78, 5) is 4.36. The van der Waals surface area contributed by atoms with E-state index in [2.05, 4.69) is 64.1 Å². The highest BCUT2D eigenvalue weighted by molar-refractivity contribution is 14.1. The average molecular weight is 358 g/mol. The minimum Gasteiger partial charge on any atom is -0.310 e. The zero-order chi connectivity index (χ0) is 12.1. The molecule has 2 aromatic rings. The Kier molecular flexibility index (Phi) is 4.94. The summed E-state index contributed by atoms with van der Waals surface area (Å²) in [5, 5.41) is 6.75. The van der Waals surface area contributed by atoms with E-state index in [1.54, 1.807) is 11.3 Å². The molecule has 17 heavy (non-hydrogen) atoms. The van der Waals surface area contributed by atoms with Crippen molar-refractivity contribution in [3.8, 4) is 0 Å². The summed E-state index contributed by atoms with van der Waals surface area (Å²) in [5.74, 6) is 0. The van der Waals surface area contributed by atoms with Crippen LogP contribution in [0.25, 0.3) is 0 Å². The molecule has 2 rings (SSSR count). The summed E-state index contributed by atoms with van der Waals surface area (Å²) in [6.45, 7) is 3.12. The molecule has 2 nitrogen and oxygen atoms in total. The molecule has 0 aliphatic carbocycles. The monoisotopic (exact) mass is 358 g/mol. The summed E-state index contributed by atoms with van der Waals surface area (Å²) >= 11 is 4.08. The van der Waals surface area contributed by atoms with Crippen LogP contribution < -0.4 is 5.32 Å². The maximum atomic E-state index is 4.36. The van der Waals surface area contributed by atoms with Gasteiger partial charge in [-0.25, -0.2) is 4.98 Å². The van der Waals surface area contributed by atoms with Crippen molar-refractivity contribution in [1.82, 2.24) is 10.3 Å². The van der Waals surface area contributed by atoms with E-state index in [0.29, 0.717) is 6.04 Å². The Morgan fingerprint density at radius 2 is 2.35 bits per heavy atom. The molecule has 0 bridgehead atoms. The van der Waals surface area contributed by atoms with Crippen LogP contribution in [0, 0.1) is 3.57 Å². The lowest BCUT2D eigenvalue weighted by molar-refractivity contribution is 0.548. The highest BCUT2D eigenvalue weighted by Gasteiger charge is 2.12. The Labute approximate surface area is 120 Å². The predicted molar refractivity (Wildman–Crippen MR) is 81.4 cm³/mol. The highest BCUT2D eigenvalue weighted by atomic mass is 127. The van der Waals surface area contributed by atoms with Gasteiger partial charge in [-0.3, -0.25) is 0 Å². The van der Waals surface area contributed by atoms with E-state index in [1.165, 1.54) is 14.1 Å². The Morgan fingerprint density at radius 1 is 1.47 bits per heavy atom. The minimum absolute atomic E-state index is 0.362. The molecular weight excluding hydrogens is 343 g/mol. The third kappa shape index (κ3) is 3.76. The van der Waals surface area contributed by atoms with E-state index in [-0.39, 0.29) is 0 Å². The van der Waals surface area contributed by atoms with Gasteiger partial charge in [-0.2, -0.15) is 0 Å². The quantitative estimate of drug-likeness (QED) is 0.826. The smallest absolute Gasteiger partial charge is 0.0943 e. The molecule has 1 N–H and O–H groups in total. The molecule has 1 heterocycles. The number of thiazole rings is 1. The number of aromatic nitrogens is 1. The van der Waals surface area contributed by atoms with E-state index in [9.17, 15) is 0 Å². The van der Waals surface area contributed by atoms with Crippen molar-refractivity contribution in [3.05, 3.63) is 50.0 Å². The molecular formula is C13H15IN2S. The van der Waals surface area contributed by atoms with Crippen LogP contribution in [0.2, 0.25) is 0 Å². The van der Waals surface area contributed by atoms with E-state index in [1.807, 2.05) is 11.6 Å². The fourth-order valence-electron chi connectivity index (χ4n) is 1.81. The van der Waals surface area contributed by atoms with E-state index < -0.39 is 0 Å². The number of likely N-dealkylation sites (N-methyl/N-ethyl adjacent to an activating group) is 1. The third-order valence-electron chi connectivity index (χ3n) is 2.56. The van der Waals surface area contributed by atoms with Crippen molar-refractivity contribution in [1.29, 1.82) is 0 Å². The molecule has 0 saturated heterocycles. The summed E-state index contributed by atoms with van der Waals surface area (Å²) in [6.07, 6.45) is 2.84. The summed E-state index contributed by atoms with van der Waals surface area (Å²) in [7, 11) is 0. The zero-order valence-electron chi connectivity index (χ0n) is 9.69. The number of benzene rings is 1. The fourth-order valence-corrected chi connectivity index (χ4v) is 3.04. The lowest BCUT2D eigenvalue weighted by Crippen LogP contribution is -2.22. The first kappa shape index (κ1) is 13.0. The SMILES string of the molecule is CCNC(Cc1nccs1)c1cccc(I)c1. The number of nitrogens with one attached hydrogen (secondary N) is 1. The summed E-state index contributed by atoms with van der Waals surface area (Å²) in [6, 6.07) is 9.02. The molecule has 90 valence electrons. The summed E-state index contributed by atoms with van der Waals surface area (Å²) in [5.41, 5.74) is 1.34. The number of hydrogen-bond donors (Lipinski definition) is 1. The van der Waals surface area contributed by atoms with Gasteiger partial charge in [0.05, 0.1) is 5.01 Å². The van der Waals surface area contributed by atoms with Gasteiger partial charge in [0.15, 0.2) is 0 Å². The molecule has 1 aromatic heterocycles. The van der Waals surface area contributed by atoms with Gasteiger partial charge in [-0.1, -0.05) is 19.1 Å². The Balaban J connectivity index is 2.16. The van der Waals surface area contributed by atoms with Gasteiger partial charge < -0.3 is 5.32 Å². The highest BCUT2D eigenvalue weighted by Crippen LogP contribution is 2.21. The first-order valence-electron chi connectivity index (χ1n) is 5.67. The van der Waals surface area contributed by atoms with Crippen LogP contribution in [0.3, 0.4) is 0 Å². The molecule has 0 aliphatic rings. The predicted octanol–water partition coefficient (Wildman–Crippen LogP) is 3.64. The lowest BCUT2D eigenvalue weighted by Gasteiger charge is -2.17. The first-order chi connectivity index (χ1) is 8.29. The van der Waals surface area contributed by atoms with Crippen LogP contribution in [-0.4, -0.2) is 11.5 Å². The maximum absolute atomic E-state index is 4.36. The van der Waals surface area contributed by atoms with Crippen LogP contribution in [0.4, 0.5) is 0 Å². The van der Waals surface area contributed by atoms with Crippen molar-refractivity contribution >= 4 is 33.9 Å². The van der Waals surface area contributed by atoms with Gasteiger partial charge in [0.1, 0.15) is 0 Å². The lowest BCUT2D eigenvalue weighted by atomic mass is 10.0. The van der Waals surface area contributed by atoms with Crippen molar-refractivity contribution in [2.75, 3.05) is 6.54 Å². The van der Waals surface area contributed by atoms with Gasteiger partial charge in [0.25, 0.3) is 0 Å². The van der Waals surface area contributed by atoms with Crippen molar-refractivity contribution in [2.45, 2.75) is 19.4 Å². The zero-order valence-corrected chi connectivity index (χ0v) is 12.7. The second kappa shape index (κ2) is 6.47. The minimum atomic E-state index is 0.362. The number of hydrogen-bond acceptors (Lipinski definition) is 3. The van der Waals surface area contributed by atoms with Gasteiger partial charge in [-0.05, 0) is 46.8 Å². The second-order valence-corrected chi connectivity index (χ2v) is 6.02. The normalized spacial score (nSPS) is 12.6. The molecule has 0 spiro atoms. The van der Waals surface area contributed by atoms with Crippen LogP contribution in [0.15, 0.2) is 35.8 Å². The molecule has 1 unspecified atom stereocenters. The van der Waals surface area contributed by atoms with Gasteiger partial charge >= 0.3 is 0 Å². The van der Waals surface area contributed by atoms with Gasteiger partial charge in [-0.15, -0.1) is 11.3 Å². The molecule has 0 fully saturated rings. The maximum Gasteiger partial charge on any atom is 0.0943 e. The number of rotatable bonds is 5. The van der Waals surface area contributed by atoms with Crippen LogP contribution >= 0.6 is 33.9 Å². The Bertz CT molecular complexity index is 456. The molecule has 0 radical (unpaired) electrons.